The number of anilines is 1. The van der Waals surface area contributed by atoms with Crippen molar-refractivity contribution < 1.29 is 21.6 Å². The molecule has 1 aromatic heterocycles. The average Bonchev–Trinajstić information content (AvgIpc) is 2.84. The minimum absolute atomic E-state index is 0.0199. The number of alkyl halides is 3. The molecule has 0 fully saturated rings. The van der Waals surface area contributed by atoms with Gasteiger partial charge < -0.3 is 0 Å². The summed E-state index contributed by atoms with van der Waals surface area (Å²) in [6.07, 6.45) is -2.03. The van der Waals surface area contributed by atoms with E-state index >= 15 is 0 Å². The van der Waals surface area contributed by atoms with Gasteiger partial charge in [-0.25, -0.2) is 0 Å². The van der Waals surface area contributed by atoms with Crippen molar-refractivity contribution >= 4 is 21.8 Å². The second-order valence-electron chi connectivity index (χ2n) is 4.40. The van der Waals surface area contributed by atoms with E-state index in [-0.39, 0.29) is 16.8 Å². The van der Waals surface area contributed by atoms with Crippen LogP contribution in [0.25, 0.3) is 6.08 Å². The molecule has 0 aliphatic heterocycles. The first-order chi connectivity index (χ1) is 10.2. The number of hydrogen-bond acceptors (Lipinski definition) is 3. The number of halogens is 3. The van der Waals surface area contributed by atoms with E-state index in [0.717, 1.165) is 6.08 Å². The topological polar surface area (TPSA) is 64.0 Å². The Kier molecular flexibility index (Phi) is 4.27. The summed E-state index contributed by atoms with van der Waals surface area (Å²) in [6.45, 7) is 0. The summed E-state index contributed by atoms with van der Waals surface area (Å²) in [6, 6.07) is 6.85. The van der Waals surface area contributed by atoms with E-state index in [0.29, 0.717) is 5.56 Å². The van der Waals surface area contributed by atoms with E-state index in [2.05, 4.69) is 9.82 Å². The Bertz CT molecular complexity index is 778. The third-order valence-corrected chi connectivity index (χ3v) is 4.13. The number of aryl methyl sites for hydroxylation is 1. The molecule has 5 nitrogen and oxygen atoms in total. The minimum atomic E-state index is -4.39. The Morgan fingerprint density at radius 1 is 1.18 bits per heavy atom. The van der Waals surface area contributed by atoms with Crippen LogP contribution in [-0.2, 0) is 17.1 Å². The molecule has 0 atom stereocenters. The number of allylic oxidation sites excluding steroid dienone is 1. The zero-order valence-electron chi connectivity index (χ0n) is 11.4. The molecule has 0 saturated carbocycles. The van der Waals surface area contributed by atoms with Crippen LogP contribution >= 0.6 is 0 Å². The van der Waals surface area contributed by atoms with Crippen LogP contribution in [0.4, 0.5) is 18.9 Å². The summed E-state index contributed by atoms with van der Waals surface area (Å²) >= 11 is 0. The van der Waals surface area contributed by atoms with Crippen molar-refractivity contribution in [2.45, 2.75) is 11.2 Å². The van der Waals surface area contributed by atoms with Crippen LogP contribution in [0.3, 0.4) is 0 Å². The molecule has 1 aromatic carbocycles. The molecule has 0 bridgehead atoms. The number of hydrogen-bond donors (Lipinski definition) is 1. The predicted molar refractivity (Wildman–Crippen MR) is 75.5 cm³/mol. The SMILES string of the molecule is Cn1nccc1S(=O)(=O)Nc1ccc(/C=C/C(F)(F)F)cc1. The quantitative estimate of drug-likeness (QED) is 0.937. The first kappa shape index (κ1) is 16.1. The summed E-state index contributed by atoms with van der Waals surface area (Å²) in [5.74, 6) is 0. The lowest BCUT2D eigenvalue weighted by Crippen LogP contribution is -2.16. The number of sulfonamides is 1. The molecule has 0 aliphatic rings. The van der Waals surface area contributed by atoms with Gasteiger partial charge in [-0.05, 0) is 23.8 Å². The lowest BCUT2D eigenvalue weighted by Gasteiger charge is -2.08. The van der Waals surface area contributed by atoms with Gasteiger partial charge in [-0.2, -0.15) is 26.7 Å². The van der Waals surface area contributed by atoms with Crippen LogP contribution in [0.15, 0.2) is 47.6 Å². The molecule has 0 unspecified atom stereocenters. The number of benzene rings is 1. The first-order valence-corrected chi connectivity index (χ1v) is 7.52. The van der Waals surface area contributed by atoms with Gasteiger partial charge in [0.05, 0.1) is 6.20 Å². The second-order valence-corrected chi connectivity index (χ2v) is 6.02. The highest BCUT2D eigenvalue weighted by Crippen LogP contribution is 2.20. The Morgan fingerprint density at radius 3 is 2.32 bits per heavy atom. The zero-order valence-corrected chi connectivity index (χ0v) is 12.2. The summed E-state index contributed by atoms with van der Waals surface area (Å²) in [4.78, 5) is 0. The zero-order chi connectivity index (χ0) is 16.4. The molecule has 2 rings (SSSR count). The molecule has 0 spiro atoms. The van der Waals surface area contributed by atoms with Crippen LogP contribution in [0.2, 0.25) is 0 Å². The lowest BCUT2D eigenvalue weighted by atomic mass is 10.2. The molecule has 0 amide bonds. The standard InChI is InChI=1S/C13H12F3N3O2S/c1-19-12(7-9-17-19)22(20,21)18-11-4-2-10(3-5-11)6-8-13(14,15)16/h2-9,18H,1H3/b8-6+. The van der Waals surface area contributed by atoms with Gasteiger partial charge in [0.15, 0.2) is 5.03 Å². The Balaban J connectivity index is 2.15. The van der Waals surface area contributed by atoms with Crippen molar-refractivity contribution in [2.75, 3.05) is 4.72 Å². The predicted octanol–water partition coefficient (Wildman–Crippen LogP) is 2.80. The van der Waals surface area contributed by atoms with E-state index in [4.69, 9.17) is 0 Å². The van der Waals surface area contributed by atoms with E-state index < -0.39 is 16.2 Å². The van der Waals surface area contributed by atoms with E-state index in [1.807, 2.05) is 0 Å². The van der Waals surface area contributed by atoms with E-state index in [9.17, 15) is 21.6 Å². The van der Waals surface area contributed by atoms with Crippen molar-refractivity contribution in [3.8, 4) is 0 Å². The molecule has 1 N–H and O–H groups in total. The van der Waals surface area contributed by atoms with Crippen molar-refractivity contribution in [3.63, 3.8) is 0 Å². The summed E-state index contributed by atoms with van der Waals surface area (Å²) in [5.41, 5.74) is 0.547. The molecule has 22 heavy (non-hydrogen) atoms. The molecule has 0 radical (unpaired) electrons. The van der Waals surface area contributed by atoms with E-state index in [1.165, 1.54) is 48.3 Å². The molecule has 0 aliphatic carbocycles. The van der Waals surface area contributed by atoms with Crippen LogP contribution in [0, 0.1) is 0 Å². The fourth-order valence-corrected chi connectivity index (χ4v) is 2.87. The molecular formula is C13H12F3N3O2S. The van der Waals surface area contributed by atoms with Gasteiger partial charge in [-0.1, -0.05) is 18.2 Å². The van der Waals surface area contributed by atoms with Gasteiger partial charge >= 0.3 is 6.18 Å². The normalized spacial score (nSPS) is 12.7. The number of nitrogens with one attached hydrogen (secondary N) is 1. The van der Waals surface area contributed by atoms with Gasteiger partial charge in [-0.15, -0.1) is 0 Å². The van der Waals surface area contributed by atoms with Crippen molar-refractivity contribution in [2.24, 2.45) is 7.05 Å². The molecule has 1 heterocycles. The summed E-state index contributed by atoms with van der Waals surface area (Å²) < 4.78 is 63.9. The highest BCUT2D eigenvalue weighted by atomic mass is 32.2. The van der Waals surface area contributed by atoms with Crippen LogP contribution in [-0.4, -0.2) is 24.4 Å². The first-order valence-electron chi connectivity index (χ1n) is 6.04. The Labute approximate surface area is 125 Å². The number of nitrogens with zero attached hydrogens (tertiary/aromatic N) is 2. The molecule has 118 valence electrons. The van der Waals surface area contributed by atoms with Crippen molar-refractivity contribution in [3.05, 3.63) is 48.2 Å². The van der Waals surface area contributed by atoms with Crippen LogP contribution in [0.1, 0.15) is 5.56 Å². The highest BCUT2D eigenvalue weighted by Gasteiger charge is 2.21. The van der Waals surface area contributed by atoms with Gasteiger partial charge in [0.2, 0.25) is 0 Å². The largest absolute Gasteiger partial charge is 0.409 e. The fraction of sp³-hybridized carbons (Fsp3) is 0.154. The third-order valence-electron chi connectivity index (χ3n) is 2.68. The fourth-order valence-electron chi connectivity index (χ4n) is 1.69. The van der Waals surface area contributed by atoms with Crippen molar-refractivity contribution in [1.29, 1.82) is 0 Å². The smallest absolute Gasteiger partial charge is 0.278 e. The maximum atomic E-state index is 12.1. The van der Waals surface area contributed by atoms with Crippen LogP contribution in [0.5, 0.6) is 0 Å². The van der Waals surface area contributed by atoms with E-state index in [1.54, 1.807) is 0 Å². The molecule has 0 saturated heterocycles. The molecular weight excluding hydrogens is 319 g/mol. The maximum Gasteiger partial charge on any atom is 0.409 e. The van der Waals surface area contributed by atoms with Crippen molar-refractivity contribution in [1.82, 2.24) is 9.78 Å². The summed E-state index contributed by atoms with van der Waals surface area (Å²) in [7, 11) is -2.31. The van der Waals surface area contributed by atoms with Gasteiger partial charge in [-0.3, -0.25) is 9.40 Å². The maximum absolute atomic E-state index is 12.1. The number of aromatic nitrogens is 2. The average molecular weight is 331 g/mol. The molecule has 9 heteroatoms. The monoisotopic (exact) mass is 331 g/mol. The van der Waals surface area contributed by atoms with Gasteiger partial charge in [0, 0.05) is 18.8 Å². The van der Waals surface area contributed by atoms with Crippen LogP contribution < -0.4 is 4.72 Å². The minimum Gasteiger partial charge on any atom is -0.278 e. The lowest BCUT2D eigenvalue weighted by molar-refractivity contribution is -0.0790. The van der Waals surface area contributed by atoms with Gasteiger partial charge in [0.1, 0.15) is 0 Å². The van der Waals surface area contributed by atoms with Gasteiger partial charge in [0.25, 0.3) is 10.0 Å². The summed E-state index contributed by atoms with van der Waals surface area (Å²) in [5, 5.41) is 3.75. The Hall–Kier alpha value is -2.29. The number of rotatable bonds is 4. The highest BCUT2D eigenvalue weighted by molar-refractivity contribution is 7.92. The Morgan fingerprint density at radius 2 is 1.82 bits per heavy atom. The second kappa shape index (κ2) is 5.84. The molecule has 2 aromatic rings. The third kappa shape index (κ3) is 4.10.